The predicted molar refractivity (Wildman–Crippen MR) is 91.9 cm³/mol. The van der Waals surface area contributed by atoms with Gasteiger partial charge < -0.3 is 5.11 Å². The van der Waals surface area contributed by atoms with Crippen molar-refractivity contribution >= 4 is 5.78 Å². The van der Waals surface area contributed by atoms with E-state index < -0.39 is 5.60 Å². The summed E-state index contributed by atoms with van der Waals surface area (Å²) in [6, 6.07) is 0. The first kappa shape index (κ1) is 15.6. The third kappa shape index (κ3) is 1.88. The van der Waals surface area contributed by atoms with E-state index in [9.17, 15) is 9.90 Å². The first-order chi connectivity index (χ1) is 10.7. The lowest BCUT2D eigenvalue weighted by atomic mass is 9.46. The van der Waals surface area contributed by atoms with Gasteiger partial charge in [-0.25, -0.2) is 0 Å². The summed E-state index contributed by atoms with van der Waals surface area (Å²) in [7, 11) is 0. The van der Waals surface area contributed by atoms with Crippen LogP contribution in [0, 0.1) is 28.6 Å². The van der Waals surface area contributed by atoms with E-state index in [2.05, 4.69) is 27.4 Å². The van der Waals surface area contributed by atoms with E-state index in [1.807, 2.05) is 6.08 Å². The lowest BCUT2D eigenvalue weighted by molar-refractivity contribution is -0.121. The van der Waals surface area contributed by atoms with Crippen LogP contribution in [-0.4, -0.2) is 16.5 Å². The van der Waals surface area contributed by atoms with Crippen molar-refractivity contribution in [2.75, 3.05) is 0 Å². The van der Waals surface area contributed by atoms with Crippen LogP contribution in [0.3, 0.4) is 0 Å². The monoisotopic (exact) mass is 314 g/mol. The number of carbonyl (C=O) groups is 1. The van der Waals surface area contributed by atoms with Crippen LogP contribution in [0.5, 0.6) is 0 Å². The first-order valence-corrected chi connectivity index (χ1v) is 9.35. The molecular formula is C21H30O2. The Labute approximate surface area is 140 Å². The van der Waals surface area contributed by atoms with Gasteiger partial charge in [-0.2, -0.15) is 0 Å². The highest BCUT2D eigenvalue weighted by Crippen LogP contribution is 2.67. The molecule has 4 aliphatic carbocycles. The molecule has 4 aliphatic rings. The third-order valence-electron chi connectivity index (χ3n) is 8.49. The Morgan fingerprint density at radius 3 is 2.57 bits per heavy atom. The molecule has 0 aromatic rings. The van der Waals surface area contributed by atoms with Crippen molar-refractivity contribution in [1.82, 2.24) is 0 Å². The van der Waals surface area contributed by atoms with Gasteiger partial charge in [0.15, 0.2) is 5.78 Å². The Morgan fingerprint density at radius 2 is 1.83 bits per heavy atom. The normalized spacial score (nSPS) is 52.5. The minimum atomic E-state index is -0.524. The predicted octanol–water partition coefficient (Wildman–Crippen LogP) is 4.44. The molecule has 3 fully saturated rings. The quantitative estimate of drug-likeness (QED) is 0.718. The number of allylic oxidation sites excluding steroid dienone is 2. The molecule has 4 rings (SSSR count). The molecule has 2 heteroatoms. The van der Waals surface area contributed by atoms with E-state index in [-0.39, 0.29) is 16.6 Å². The zero-order valence-corrected chi connectivity index (χ0v) is 14.8. The van der Waals surface area contributed by atoms with Crippen molar-refractivity contribution < 1.29 is 9.90 Å². The van der Waals surface area contributed by atoms with Crippen molar-refractivity contribution in [3.05, 3.63) is 23.8 Å². The molecule has 0 aliphatic heterocycles. The van der Waals surface area contributed by atoms with Crippen LogP contribution in [0.15, 0.2) is 23.8 Å². The van der Waals surface area contributed by atoms with E-state index in [0.717, 1.165) is 32.1 Å². The summed E-state index contributed by atoms with van der Waals surface area (Å²) in [5, 5.41) is 11.0. The standard InChI is InChI=1S/C21H30O2/c1-13-11-15-16(19(2)8-5-14(22)12-18(13)19)6-9-20(3)17(15)7-10-21(20,4)23/h12,15-17,23H,1,5-11H2,2-4H3/t15-,16-,17+,19-,20+,21?/m1/s1. The number of hydrogen-bond acceptors (Lipinski definition) is 2. The fourth-order valence-corrected chi connectivity index (χ4v) is 6.81. The van der Waals surface area contributed by atoms with Gasteiger partial charge in [0.2, 0.25) is 0 Å². The second-order valence-corrected chi connectivity index (χ2v) is 9.39. The Kier molecular flexibility index (Phi) is 3.12. The summed E-state index contributed by atoms with van der Waals surface area (Å²) in [6.07, 6.45) is 8.98. The van der Waals surface area contributed by atoms with Gasteiger partial charge in [0.25, 0.3) is 0 Å². The average molecular weight is 314 g/mol. The maximum Gasteiger partial charge on any atom is 0.156 e. The van der Waals surface area contributed by atoms with Crippen molar-refractivity contribution in [2.24, 2.45) is 28.6 Å². The molecule has 6 atom stereocenters. The molecule has 0 spiro atoms. The molecule has 0 radical (unpaired) electrons. The van der Waals surface area contributed by atoms with Gasteiger partial charge in [0.05, 0.1) is 5.60 Å². The summed E-state index contributed by atoms with van der Waals surface area (Å²) in [5.41, 5.74) is 2.10. The second kappa shape index (κ2) is 4.59. The summed E-state index contributed by atoms with van der Waals surface area (Å²) >= 11 is 0. The van der Waals surface area contributed by atoms with Crippen molar-refractivity contribution in [3.63, 3.8) is 0 Å². The summed E-state index contributed by atoms with van der Waals surface area (Å²) < 4.78 is 0. The molecule has 2 nitrogen and oxygen atoms in total. The highest BCUT2D eigenvalue weighted by molar-refractivity contribution is 5.92. The van der Waals surface area contributed by atoms with Crippen LogP contribution in [0.1, 0.15) is 65.7 Å². The zero-order valence-electron chi connectivity index (χ0n) is 14.8. The van der Waals surface area contributed by atoms with Gasteiger partial charge in [0.1, 0.15) is 0 Å². The Balaban J connectivity index is 1.75. The molecule has 23 heavy (non-hydrogen) atoms. The maximum absolute atomic E-state index is 11.9. The molecule has 1 unspecified atom stereocenters. The molecule has 0 bridgehead atoms. The van der Waals surface area contributed by atoms with Crippen LogP contribution in [0.4, 0.5) is 0 Å². The highest BCUT2D eigenvalue weighted by Gasteiger charge is 2.62. The van der Waals surface area contributed by atoms with E-state index in [0.29, 0.717) is 24.2 Å². The van der Waals surface area contributed by atoms with Gasteiger partial charge in [0, 0.05) is 6.42 Å². The SMILES string of the molecule is C=C1C[C@@H]2[C@@H](CC[C@@]3(C)[C@H]2CCC3(C)O)[C@@]2(C)CCC(=O)C=C12. The minimum Gasteiger partial charge on any atom is -0.390 e. The molecule has 0 saturated heterocycles. The number of fused-ring (bicyclic) bond motifs is 5. The minimum absolute atomic E-state index is 0.0521. The Morgan fingerprint density at radius 1 is 1.13 bits per heavy atom. The number of ketones is 1. The summed E-state index contributed by atoms with van der Waals surface area (Å²) in [4.78, 5) is 11.9. The van der Waals surface area contributed by atoms with Gasteiger partial charge >= 0.3 is 0 Å². The van der Waals surface area contributed by atoms with E-state index in [4.69, 9.17) is 0 Å². The Hall–Kier alpha value is -0.890. The van der Waals surface area contributed by atoms with Crippen LogP contribution in [0.2, 0.25) is 0 Å². The summed E-state index contributed by atoms with van der Waals surface area (Å²) in [6.45, 7) is 11.1. The van der Waals surface area contributed by atoms with E-state index in [1.165, 1.54) is 17.6 Å². The maximum atomic E-state index is 11.9. The van der Waals surface area contributed by atoms with E-state index >= 15 is 0 Å². The molecule has 126 valence electrons. The number of carbonyl (C=O) groups excluding carboxylic acids is 1. The lowest BCUT2D eigenvalue weighted by Crippen LogP contribution is -2.54. The first-order valence-electron chi connectivity index (χ1n) is 9.35. The van der Waals surface area contributed by atoms with Crippen molar-refractivity contribution in [2.45, 2.75) is 71.3 Å². The molecule has 3 saturated carbocycles. The number of hydrogen-bond donors (Lipinski definition) is 1. The summed E-state index contributed by atoms with van der Waals surface area (Å²) in [5.74, 6) is 2.16. The van der Waals surface area contributed by atoms with Gasteiger partial charge in [-0.15, -0.1) is 0 Å². The second-order valence-electron chi connectivity index (χ2n) is 9.39. The van der Waals surface area contributed by atoms with Gasteiger partial charge in [-0.05, 0) is 85.7 Å². The molecule has 0 aromatic carbocycles. The van der Waals surface area contributed by atoms with Gasteiger partial charge in [-0.3, -0.25) is 4.79 Å². The van der Waals surface area contributed by atoms with Crippen LogP contribution in [0.25, 0.3) is 0 Å². The zero-order chi connectivity index (χ0) is 16.6. The van der Waals surface area contributed by atoms with Crippen LogP contribution < -0.4 is 0 Å². The van der Waals surface area contributed by atoms with E-state index in [1.54, 1.807) is 0 Å². The van der Waals surface area contributed by atoms with Gasteiger partial charge in [-0.1, -0.05) is 26.0 Å². The molecule has 0 amide bonds. The van der Waals surface area contributed by atoms with Crippen molar-refractivity contribution in [1.29, 1.82) is 0 Å². The fraction of sp³-hybridized carbons (Fsp3) is 0.762. The lowest BCUT2D eigenvalue weighted by Gasteiger charge is -2.59. The smallest absolute Gasteiger partial charge is 0.156 e. The largest absolute Gasteiger partial charge is 0.390 e. The molecule has 0 aromatic heterocycles. The van der Waals surface area contributed by atoms with Crippen LogP contribution >= 0.6 is 0 Å². The number of rotatable bonds is 0. The van der Waals surface area contributed by atoms with Crippen molar-refractivity contribution in [3.8, 4) is 0 Å². The highest BCUT2D eigenvalue weighted by atomic mass is 16.3. The van der Waals surface area contributed by atoms with Crippen LogP contribution in [-0.2, 0) is 4.79 Å². The Bertz CT molecular complexity index is 613. The molecule has 0 heterocycles. The topological polar surface area (TPSA) is 37.3 Å². The third-order valence-corrected chi connectivity index (χ3v) is 8.49. The molecular weight excluding hydrogens is 284 g/mol. The average Bonchev–Trinajstić information content (AvgIpc) is 2.72. The molecule has 1 N–H and O–H groups in total. The fourth-order valence-electron chi connectivity index (χ4n) is 6.81. The number of aliphatic hydroxyl groups is 1.